The Morgan fingerprint density at radius 2 is 1.58 bits per heavy atom. The zero-order chi connectivity index (χ0) is 13.8. The highest BCUT2D eigenvalue weighted by Gasteiger charge is 2.08. The molecule has 0 saturated heterocycles. The van der Waals surface area contributed by atoms with Gasteiger partial charge >= 0.3 is 6.03 Å². The van der Waals surface area contributed by atoms with Crippen LogP contribution >= 0.6 is 15.9 Å². The fraction of sp³-hybridized carbons (Fsp3) is 0.133. The minimum absolute atomic E-state index is 0.246. The molecular weight excluding hydrogens is 304 g/mol. The normalized spacial score (nSPS) is 10.1. The molecule has 2 N–H and O–H groups in total. The zero-order valence-corrected chi connectivity index (χ0v) is 12.4. The fourth-order valence-electron chi connectivity index (χ4n) is 1.84. The fourth-order valence-corrected chi connectivity index (χ4v) is 2.23. The lowest BCUT2D eigenvalue weighted by Crippen LogP contribution is -2.20. The molecule has 0 aliphatic rings. The smallest absolute Gasteiger partial charge is 0.307 e. The molecule has 0 spiro atoms. The third-order valence-electron chi connectivity index (χ3n) is 2.84. The lowest BCUT2D eigenvalue weighted by Gasteiger charge is -2.13. The third-order valence-corrected chi connectivity index (χ3v) is 3.53. The predicted octanol–water partition coefficient (Wildman–Crippen LogP) is 4.71. The van der Waals surface area contributed by atoms with Crippen LogP contribution in [0.3, 0.4) is 0 Å². The summed E-state index contributed by atoms with van der Waals surface area (Å²) in [5, 5.41) is 5.70. The number of carbonyl (C=O) groups excluding carboxylic acids is 1. The summed E-state index contributed by atoms with van der Waals surface area (Å²) < 4.78 is 0.853. The van der Waals surface area contributed by atoms with Crippen molar-refractivity contribution in [2.45, 2.75) is 13.8 Å². The highest BCUT2D eigenvalue weighted by Crippen LogP contribution is 2.23. The number of hydrogen-bond donors (Lipinski definition) is 2. The topological polar surface area (TPSA) is 41.1 Å². The van der Waals surface area contributed by atoms with Gasteiger partial charge in [0.15, 0.2) is 0 Å². The number of hydrogen-bond acceptors (Lipinski definition) is 1. The van der Waals surface area contributed by atoms with E-state index in [1.165, 1.54) is 0 Å². The van der Waals surface area contributed by atoms with Gasteiger partial charge in [0.25, 0.3) is 0 Å². The van der Waals surface area contributed by atoms with E-state index in [2.05, 4.69) is 26.6 Å². The Hall–Kier alpha value is -1.81. The lowest BCUT2D eigenvalue weighted by molar-refractivity contribution is 0.262. The molecule has 0 saturated carbocycles. The van der Waals surface area contributed by atoms with Crippen LogP contribution in [0.25, 0.3) is 0 Å². The molecule has 0 radical (unpaired) electrons. The number of rotatable bonds is 2. The van der Waals surface area contributed by atoms with E-state index in [0.717, 1.165) is 27.0 Å². The second kappa shape index (κ2) is 5.89. The van der Waals surface area contributed by atoms with Crippen molar-refractivity contribution in [3.8, 4) is 0 Å². The molecule has 3 nitrogen and oxygen atoms in total. The van der Waals surface area contributed by atoms with E-state index < -0.39 is 0 Å². The molecular formula is C15H15BrN2O. The molecule has 0 atom stereocenters. The van der Waals surface area contributed by atoms with Crippen LogP contribution in [-0.4, -0.2) is 6.03 Å². The maximum atomic E-state index is 12.0. The zero-order valence-electron chi connectivity index (χ0n) is 10.8. The van der Waals surface area contributed by atoms with Gasteiger partial charge in [0.1, 0.15) is 0 Å². The lowest BCUT2D eigenvalue weighted by atomic mass is 10.1. The van der Waals surface area contributed by atoms with Crippen LogP contribution in [0.2, 0.25) is 0 Å². The average Bonchev–Trinajstić information content (AvgIpc) is 2.37. The molecule has 2 aromatic carbocycles. The Morgan fingerprint density at radius 3 is 2.21 bits per heavy atom. The van der Waals surface area contributed by atoms with Gasteiger partial charge in [0.2, 0.25) is 0 Å². The number of carbonyl (C=O) groups is 1. The molecule has 2 amide bonds. The number of aryl methyl sites for hydroxylation is 2. The predicted molar refractivity (Wildman–Crippen MR) is 82.7 cm³/mol. The Labute approximate surface area is 121 Å². The van der Waals surface area contributed by atoms with E-state index in [4.69, 9.17) is 0 Å². The van der Waals surface area contributed by atoms with Crippen LogP contribution in [0.1, 0.15) is 11.1 Å². The molecule has 2 rings (SSSR count). The standard InChI is InChI=1S/C15H15BrN2O/c1-10-6-5-7-11(2)14(10)18-15(19)17-13-9-4-3-8-12(13)16/h3-9H,1-2H3,(H2,17,18,19). The van der Waals surface area contributed by atoms with Crippen LogP contribution in [0.4, 0.5) is 16.2 Å². The Balaban J connectivity index is 2.12. The molecule has 0 heterocycles. The second-order valence-electron chi connectivity index (χ2n) is 4.33. The number of benzene rings is 2. The second-order valence-corrected chi connectivity index (χ2v) is 5.18. The number of urea groups is 1. The Bertz CT molecular complexity index is 591. The summed E-state index contributed by atoms with van der Waals surface area (Å²) in [6.07, 6.45) is 0. The minimum Gasteiger partial charge on any atom is -0.307 e. The Morgan fingerprint density at radius 1 is 0.947 bits per heavy atom. The summed E-state index contributed by atoms with van der Waals surface area (Å²) in [5.74, 6) is 0. The molecule has 0 aliphatic heterocycles. The Kier molecular flexibility index (Phi) is 4.22. The van der Waals surface area contributed by atoms with Gasteiger partial charge < -0.3 is 10.6 Å². The molecule has 0 fully saturated rings. The van der Waals surface area contributed by atoms with E-state index in [9.17, 15) is 4.79 Å². The first-order valence-corrected chi connectivity index (χ1v) is 6.76. The average molecular weight is 319 g/mol. The summed E-state index contributed by atoms with van der Waals surface area (Å²) >= 11 is 3.40. The van der Waals surface area contributed by atoms with Gasteiger partial charge in [-0.25, -0.2) is 4.79 Å². The van der Waals surface area contributed by atoms with Crippen molar-refractivity contribution in [3.63, 3.8) is 0 Å². The largest absolute Gasteiger partial charge is 0.323 e. The quantitative estimate of drug-likeness (QED) is 0.827. The van der Waals surface area contributed by atoms with Gasteiger partial charge in [-0.05, 0) is 53.0 Å². The first kappa shape index (κ1) is 13.6. The third kappa shape index (κ3) is 3.35. The van der Waals surface area contributed by atoms with Crippen molar-refractivity contribution in [2.24, 2.45) is 0 Å². The van der Waals surface area contributed by atoms with Crippen molar-refractivity contribution in [1.29, 1.82) is 0 Å². The summed E-state index contributed by atoms with van der Waals surface area (Å²) in [6.45, 7) is 3.95. The van der Waals surface area contributed by atoms with Crippen molar-refractivity contribution in [1.82, 2.24) is 0 Å². The number of amides is 2. The molecule has 0 aromatic heterocycles. The minimum atomic E-state index is -0.246. The molecule has 0 bridgehead atoms. The summed E-state index contributed by atoms with van der Waals surface area (Å²) in [4.78, 5) is 12.0. The molecule has 2 aromatic rings. The maximum Gasteiger partial charge on any atom is 0.323 e. The van der Waals surface area contributed by atoms with E-state index in [1.54, 1.807) is 0 Å². The molecule has 19 heavy (non-hydrogen) atoms. The van der Waals surface area contributed by atoms with Crippen LogP contribution < -0.4 is 10.6 Å². The number of nitrogens with one attached hydrogen (secondary N) is 2. The summed E-state index contributed by atoms with van der Waals surface area (Å²) in [6, 6.07) is 13.2. The monoisotopic (exact) mass is 318 g/mol. The van der Waals surface area contributed by atoms with E-state index in [0.29, 0.717) is 0 Å². The molecule has 98 valence electrons. The van der Waals surface area contributed by atoms with Crippen molar-refractivity contribution < 1.29 is 4.79 Å². The van der Waals surface area contributed by atoms with Gasteiger partial charge in [-0.3, -0.25) is 0 Å². The summed E-state index contributed by atoms with van der Waals surface area (Å²) in [7, 11) is 0. The van der Waals surface area contributed by atoms with Gasteiger partial charge in [-0.2, -0.15) is 0 Å². The highest BCUT2D eigenvalue weighted by atomic mass is 79.9. The number of halogens is 1. The van der Waals surface area contributed by atoms with Crippen LogP contribution in [0, 0.1) is 13.8 Å². The molecule has 4 heteroatoms. The van der Waals surface area contributed by atoms with Gasteiger partial charge in [0, 0.05) is 10.2 Å². The van der Waals surface area contributed by atoms with E-state index in [1.807, 2.05) is 56.3 Å². The van der Waals surface area contributed by atoms with Gasteiger partial charge in [0.05, 0.1) is 5.69 Å². The SMILES string of the molecule is Cc1cccc(C)c1NC(=O)Nc1ccccc1Br. The molecule has 0 aliphatic carbocycles. The maximum absolute atomic E-state index is 12.0. The number of anilines is 2. The highest BCUT2D eigenvalue weighted by molar-refractivity contribution is 9.10. The first-order chi connectivity index (χ1) is 9.08. The first-order valence-electron chi connectivity index (χ1n) is 5.96. The van der Waals surface area contributed by atoms with E-state index in [-0.39, 0.29) is 6.03 Å². The van der Waals surface area contributed by atoms with Gasteiger partial charge in [-0.15, -0.1) is 0 Å². The van der Waals surface area contributed by atoms with Gasteiger partial charge in [-0.1, -0.05) is 30.3 Å². The number of para-hydroxylation sites is 2. The van der Waals surface area contributed by atoms with Crippen molar-refractivity contribution >= 4 is 33.3 Å². The van der Waals surface area contributed by atoms with E-state index >= 15 is 0 Å². The van der Waals surface area contributed by atoms with Crippen LogP contribution in [-0.2, 0) is 0 Å². The van der Waals surface area contributed by atoms with Crippen LogP contribution in [0.15, 0.2) is 46.9 Å². The van der Waals surface area contributed by atoms with Crippen molar-refractivity contribution in [3.05, 3.63) is 58.1 Å². The summed E-state index contributed by atoms with van der Waals surface area (Å²) in [5.41, 5.74) is 3.68. The van der Waals surface area contributed by atoms with Crippen molar-refractivity contribution in [2.75, 3.05) is 10.6 Å². The molecule has 0 unspecified atom stereocenters. The van der Waals surface area contributed by atoms with Crippen LogP contribution in [0.5, 0.6) is 0 Å².